The number of ether oxygens (including phenoxy) is 1. The topological polar surface area (TPSA) is 99.7 Å². The van der Waals surface area contributed by atoms with Gasteiger partial charge in [0.25, 0.3) is 0 Å². The predicted octanol–water partition coefficient (Wildman–Crippen LogP) is 1.35. The van der Waals surface area contributed by atoms with Crippen LogP contribution in [0.5, 0.6) is 0 Å². The number of aliphatic hydroxyl groups is 1. The van der Waals surface area contributed by atoms with Crippen LogP contribution in [0.15, 0.2) is 30.3 Å². The standard InChI is InChI=1S/C20H31N3O4/c1-20(2,3)27-19(26)23-16(11-14-7-5-4-6-8-14)17(24)13-21-12-15-9-10-18(25)22-15/h4-8,15-17,21,24H,9-13H2,1-3H3,(H,22,25)(H,23,26)/t15-,16+,17-/m1/s1. The number of hydrogen-bond donors (Lipinski definition) is 4. The summed E-state index contributed by atoms with van der Waals surface area (Å²) in [5.74, 6) is 0.0656. The molecule has 7 nitrogen and oxygen atoms in total. The van der Waals surface area contributed by atoms with Crippen molar-refractivity contribution in [1.29, 1.82) is 0 Å². The minimum absolute atomic E-state index is 0.0656. The van der Waals surface area contributed by atoms with Crippen molar-refractivity contribution in [2.75, 3.05) is 13.1 Å². The maximum atomic E-state index is 12.2. The summed E-state index contributed by atoms with van der Waals surface area (Å²) in [6.45, 7) is 6.29. The molecule has 0 spiro atoms. The average molecular weight is 377 g/mol. The van der Waals surface area contributed by atoms with Crippen molar-refractivity contribution >= 4 is 12.0 Å². The van der Waals surface area contributed by atoms with E-state index in [1.165, 1.54) is 0 Å². The minimum Gasteiger partial charge on any atom is -0.444 e. The van der Waals surface area contributed by atoms with Crippen LogP contribution in [0, 0.1) is 0 Å². The molecule has 0 bridgehead atoms. The number of nitrogens with one attached hydrogen (secondary N) is 3. The van der Waals surface area contributed by atoms with Crippen LogP contribution >= 0.6 is 0 Å². The second-order valence-corrected chi connectivity index (χ2v) is 7.97. The number of hydrogen-bond acceptors (Lipinski definition) is 5. The SMILES string of the molecule is CC(C)(C)OC(=O)N[C@@H](Cc1ccccc1)[C@H](O)CNC[C@H]1CCC(=O)N1. The van der Waals surface area contributed by atoms with Gasteiger partial charge in [0.05, 0.1) is 12.1 Å². The average Bonchev–Trinajstić information content (AvgIpc) is 2.98. The molecule has 1 aromatic rings. The van der Waals surface area contributed by atoms with Crippen LogP contribution < -0.4 is 16.0 Å². The van der Waals surface area contributed by atoms with Crippen molar-refractivity contribution in [3.8, 4) is 0 Å². The molecule has 2 rings (SSSR count). The molecule has 3 atom stereocenters. The Bertz CT molecular complexity index is 615. The van der Waals surface area contributed by atoms with Crippen molar-refractivity contribution in [3.05, 3.63) is 35.9 Å². The summed E-state index contributed by atoms with van der Waals surface area (Å²) in [6.07, 6.45) is 0.487. The van der Waals surface area contributed by atoms with E-state index in [9.17, 15) is 14.7 Å². The van der Waals surface area contributed by atoms with E-state index in [4.69, 9.17) is 4.74 Å². The fourth-order valence-corrected chi connectivity index (χ4v) is 2.99. The van der Waals surface area contributed by atoms with Gasteiger partial charge < -0.3 is 25.8 Å². The van der Waals surface area contributed by atoms with Crippen molar-refractivity contribution in [2.24, 2.45) is 0 Å². The first-order valence-electron chi connectivity index (χ1n) is 9.44. The zero-order valence-corrected chi connectivity index (χ0v) is 16.3. The van der Waals surface area contributed by atoms with Gasteiger partial charge in [0.15, 0.2) is 0 Å². The van der Waals surface area contributed by atoms with Crippen LogP contribution in [0.4, 0.5) is 4.79 Å². The van der Waals surface area contributed by atoms with Gasteiger partial charge in [-0.2, -0.15) is 0 Å². The van der Waals surface area contributed by atoms with Crippen LogP contribution in [0.2, 0.25) is 0 Å². The number of benzene rings is 1. The third-order valence-corrected chi connectivity index (χ3v) is 4.29. The van der Waals surface area contributed by atoms with E-state index < -0.39 is 23.8 Å². The summed E-state index contributed by atoms with van der Waals surface area (Å²) < 4.78 is 5.32. The molecule has 7 heteroatoms. The van der Waals surface area contributed by atoms with Gasteiger partial charge in [0.2, 0.25) is 5.91 Å². The molecule has 0 saturated carbocycles. The molecule has 0 unspecified atom stereocenters. The van der Waals surface area contributed by atoms with Gasteiger partial charge in [-0.3, -0.25) is 4.79 Å². The molecule has 0 aliphatic carbocycles. The van der Waals surface area contributed by atoms with Gasteiger partial charge in [-0.1, -0.05) is 30.3 Å². The number of aliphatic hydroxyl groups excluding tert-OH is 1. The van der Waals surface area contributed by atoms with Gasteiger partial charge in [0, 0.05) is 25.6 Å². The number of rotatable bonds is 8. The van der Waals surface area contributed by atoms with Crippen LogP contribution in [-0.4, -0.2) is 54.0 Å². The number of carbonyl (C=O) groups excluding carboxylic acids is 2. The van der Waals surface area contributed by atoms with Crippen LogP contribution in [0.3, 0.4) is 0 Å². The fraction of sp³-hybridized carbons (Fsp3) is 0.600. The first-order valence-corrected chi connectivity index (χ1v) is 9.44. The fourth-order valence-electron chi connectivity index (χ4n) is 2.99. The molecule has 1 aliphatic rings. The molecule has 4 N–H and O–H groups in total. The molecule has 1 aliphatic heterocycles. The molecular formula is C20H31N3O4. The first-order chi connectivity index (χ1) is 12.7. The van der Waals surface area contributed by atoms with Gasteiger partial charge in [-0.15, -0.1) is 0 Å². The lowest BCUT2D eigenvalue weighted by atomic mass is 10.0. The summed E-state index contributed by atoms with van der Waals surface area (Å²) in [5.41, 5.74) is 0.409. The molecule has 150 valence electrons. The van der Waals surface area contributed by atoms with Gasteiger partial charge >= 0.3 is 6.09 Å². The lowest BCUT2D eigenvalue weighted by Gasteiger charge is -2.27. The van der Waals surface area contributed by atoms with E-state index in [1.54, 1.807) is 20.8 Å². The highest BCUT2D eigenvalue weighted by molar-refractivity contribution is 5.78. The maximum absolute atomic E-state index is 12.2. The Hall–Kier alpha value is -2.12. The van der Waals surface area contributed by atoms with Crippen LogP contribution in [0.1, 0.15) is 39.2 Å². The Morgan fingerprint density at radius 3 is 2.63 bits per heavy atom. The maximum Gasteiger partial charge on any atom is 0.407 e. The molecule has 1 aromatic carbocycles. The Balaban J connectivity index is 1.90. The normalized spacial score (nSPS) is 19.3. The molecule has 1 fully saturated rings. The van der Waals surface area contributed by atoms with E-state index in [0.29, 0.717) is 25.9 Å². The van der Waals surface area contributed by atoms with E-state index in [2.05, 4.69) is 16.0 Å². The lowest BCUT2D eigenvalue weighted by Crippen LogP contribution is -2.51. The predicted molar refractivity (Wildman–Crippen MR) is 103 cm³/mol. The van der Waals surface area contributed by atoms with Gasteiger partial charge in [-0.05, 0) is 39.2 Å². The number of amides is 2. The molecule has 0 aromatic heterocycles. The quantitative estimate of drug-likeness (QED) is 0.548. The van der Waals surface area contributed by atoms with E-state index in [1.807, 2.05) is 30.3 Å². The molecule has 0 radical (unpaired) electrons. The summed E-state index contributed by atoms with van der Waals surface area (Å²) in [4.78, 5) is 23.4. The summed E-state index contributed by atoms with van der Waals surface area (Å²) in [6, 6.07) is 9.29. The molecule has 27 heavy (non-hydrogen) atoms. The Morgan fingerprint density at radius 1 is 1.33 bits per heavy atom. The van der Waals surface area contributed by atoms with Crippen molar-refractivity contribution in [2.45, 2.75) is 63.8 Å². The summed E-state index contributed by atoms with van der Waals surface area (Å²) in [7, 11) is 0. The largest absolute Gasteiger partial charge is 0.444 e. The lowest BCUT2D eigenvalue weighted by molar-refractivity contribution is -0.119. The Labute approximate surface area is 160 Å². The van der Waals surface area contributed by atoms with E-state index in [0.717, 1.165) is 12.0 Å². The molecule has 2 amide bonds. The van der Waals surface area contributed by atoms with E-state index >= 15 is 0 Å². The van der Waals surface area contributed by atoms with Crippen LogP contribution in [-0.2, 0) is 16.0 Å². The number of alkyl carbamates (subject to hydrolysis) is 1. The Morgan fingerprint density at radius 2 is 2.04 bits per heavy atom. The second kappa shape index (κ2) is 9.71. The highest BCUT2D eigenvalue weighted by Gasteiger charge is 2.26. The van der Waals surface area contributed by atoms with Gasteiger partial charge in [0.1, 0.15) is 5.60 Å². The number of carbonyl (C=O) groups is 2. The van der Waals surface area contributed by atoms with Crippen molar-refractivity contribution in [1.82, 2.24) is 16.0 Å². The van der Waals surface area contributed by atoms with Crippen LogP contribution in [0.25, 0.3) is 0 Å². The Kier molecular flexibility index (Phi) is 7.62. The third-order valence-electron chi connectivity index (χ3n) is 4.29. The summed E-state index contributed by atoms with van der Waals surface area (Å²) in [5, 5.41) is 19.5. The molecule has 1 heterocycles. The molecular weight excluding hydrogens is 346 g/mol. The zero-order valence-electron chi connectivity index (χ0n) is 16.3. The smallest absolute Gasteiger partial charge is 0.407 e. The molecule has 1 saturated heterocycles. The summed E-state index contributed by atoms with van der Waals surface area (Å²) >= 11 is 0. The highest BCUT2D eigenvalue weighted by atomic mass is 16.6. The van der Waals surface area contributed by atoms with Gasteiger partial charge in [-0.25, -0.2) is 4.79 Å². The van der Waals surface area contributed by atoms with E-state index in [-0.39, 0.29) is 11.9 Å². The second-order valence-electron chi connectivity index (χ2n) is 7.97. The van der Waals surface area contributed by atoms with Crippen molar-refractivity contribution in [3.63, 3.8) is 0 Å². The monoisotopic (exact) mass is 377 g/mol. The third kappa shape index (κ3) is 7.97. The minimum atomic E-state index is -0.796. The first kappa shape index (κ1) is 21.2. The van der Waals surface area contributed by atoms with Crippen molar-refractivity contribution < 1.29 is 19.4 Å². The highest BCUT2D eigenvalue weighted by Crippen LogP contribution is 2.10. The zero-order chi connectivity index (χ0) is 19.9.